The summed E-state index contributed by atoms with van der Waals surface area (Å²) in [5, 5.41) is 4.49. The topological polar surface area (TPSA) is 55.9 Å². The summed E-state index contributed by atoms with van der Waals surface area (Å²) in [5.41, 5.74) is 4.43. The first-order valence-electron chi connectivity index (χ1n) is 6.46. The fraction of sp³-hybridized carbons (Fsp3) is 0.357. The highest BCUT2D eigenvalue weighted by Crippen LogP contribution is 2.26. The second-order valence-corrected chi connectivity index (χ2v) is 5.82. The summed E-state index contributed by atoms with van der Waals surface area (Å²) in [6, 6.07) is 6.65. The smallest absolute Gasteiger partial charge is 0.123 e. The molecule has 1 atom stereocenters. The predicted molar refractivity (Wildman–Crippen MR) is 80.5 cm³/mol. The summed E-state index contributed by atoms with van der Waals surface area (Å²) < 4.78 is 16.1. The molecule has 0 spiro atoms. The van der Waals surface area contributed by atoms with Gasteiger partial charge in [-0.1, -0.05) is 15.9 Å². The maximum atomic E-state index is 13.4. The highest BCUT2D eigenvalue weighted by molar-refractivity contribution is 9.10. The van der Waals surface area contributed by atoms with Crippen molar-refractivity contribution in [1.82, 2.24) is 15.2 Å². The fourth-order valence-corrected chi connectivity index (χ4v) is 2.55. The predicted octanol–water partition coefficient (Wildman–Crippen LogP) is 3.11. The van der Waals surface area contributed by atoms with Crippen molar-refractivity contribution < 1.29 is 4.39 Å². The number of hydrogen-bond donors (Lipinski definition) is 2. The van der Waals surface area contributed by atoms with Gasteiger partial charge in [0.1, 0.15) is 5.82 Å². The van der Waals surface area contributed by atoms with Crippen molar-refractivity contribution in [3.05, 3.63) is 52.0 Å². The molecule has 0 aliphatic heterocycles. The molecule has 0 radical (unpaired) electrons. The zero-order valence-corrected chi connectivity index (χ0v) is 13.1. The van der Waals surface area contributed by atoms with Gasteiger partial charge in [0.2, 0.25) is 0 Å². The summed E-state index contributed by atoms with van der Waals surface area (Å²) in [6.45, 7) is 4.14. The van der Waals surface area contributed by atoms with Crippen molar-refractivity contribution in [2.45, 2.75) is 32.4 Å². The van der Waals surface area contributed by atoms with Crippen LogP contribution in [0.4, 0.5) is 4.39 Å². The Kier molecular flexibility index (Phi) is 4.91. The van der Waals surface area contributed by atoms with Crippen molar-refractivity contribution in [3.63, 3.8) is 0 Å². The Morgan fingerprint density at radius 3 is 2.75 bits per heavy atom. The minimum Gasteiger partial charge on any atom is -0.271 e. The largest absolute Gasteiger partial charge is 0.271 e. The number of hydrazine groups is 1. The fourth-order valence-electron chi connectivity index (χ4n) is 2.02. The molecule has 0 bridgehead atoms. The first-order valence-corrected chi connectivity index (χ1v) is 7.25. The molecule has 0 fully saturated rings. The Morgan fingerprint density at radius 2 is 2.15 bits per heavy atom. The monoisotopic (exact) mass is 340 g/mol. The van der Waals surface area contributed by atoms with E-state index < -0.39 is 0 Å². The van der Waals surface area contributed by atoms with E-state index in [1.165, 1.54) is 12.1 Å². The number of nitrogens with one attached hydrogen (secondary N) is 1. The molecular formula is C14H18BrFN4. The SMILES string of the molecule is CC(C)n1ccc(CC(NN)c2cc(F)ccc2Br)n1. The van der Waals surface area contributed by atoms with Crippen LogP contribution in [0.15, 0.2) is 34.9 Å². The Labute approximate surface area is 126 Å². The van der Waals surface area contributed by atoms with E-state index in [0.717, 1.165) is 15.7 Å². The van der Waals surface area contributed by atoms with E-state index in [9.17, 15) is 4.39 Å². The van der Waals surface area contributed by atoms with Gasteiger partial charge >= 0.3 is 0 Å². The Hall–Kier alpha value is -1.24. The molecule has 2 aromatic rings. The van der Waals surface area contributed by atoms with E-state index in [2.05, 4.69) is 40.3 Å². The number of hydrogen-bond acceptors (Lipinski definition) is 3. The standard InChI is InChI=1S/C14H18BrFN4/c1-9(2)20-6-5-11(19-20)8-14(18-17)12-7-10(16)3-4-13(12)15/h3-7,9,14,18H,8,17H2,1-2H3. The summed E-state index contributed by atoms with van der Waals surface area (Å²) in [6.07, 6.45) is 2.53. The van der Waals surface area contributed by atoms with Crippen LogP contribution in [0.25, 0.3) is 0 Å². The lowest BCUT2D eigenvalue weighted by atomic mass is 10.0. The molecule has 2 rings (SSSR count). The zero-order chi connectivity index (χ0) is 14.7. The minimum atomic E-state index is -0.281. The van der Waals surface area contributed by atoms with Crippen molar-refractivity contribution in [2.75, 3.05) is 0 Å². The van der Waals surface area contributed by atoms with E-state index in [1.54, 1.807) is 6.07 Å². The van der Waals surface area contributed by atoms with Gasteiger partial charge in [0.25, 0.3) is 0 Å². The average molecular weight is 341 g/mol. The van der Waals surface area contributed by atoms with Crippen LogP contribution in [-0.2, 0) is 6.42 Å². The van der Waals surface area contributed by atoms with E-state index in [-0.39, 0.29) is 11.9 Å². The van der Waals surface area contributed by atoms with Crippen LogP contribution in [0.3, 0.4) is 0 Å². The normalized spacial score (nSPS) is 12.9. The van der Waals surface area contributed by atoms with Crippen LogP contribution in [0.5, 0.6) is 0 Å². The third-order valence-electron chi connectivity index (χ3n) is 3.14. The van der Waals surface area contributed by atoms with Crippen LogP contribution in [0, 0.1) is 5.82 Å². The number of rotatable bonds is 5. The van der Waals surface area contributed by atoms with Gasteiger partial charge in [-0.25, -0.2) is 4.39 Å². The van der Waals surface area contributed by atoms with Crippen LogP contribution in [-0.4, -0.2) is 9.78 Å². The maximum absolute atomic E-state index is 13.4. The summed E-state index contributed by atoms with van der Waals surface area (Å²) in [4.78, 5) is 0. The van der Waals surface area contributed by atoms with E-state index in [0.29, 0.717) is 12.5 Å². The van der Waals surface area contributed by atoms with Crippen molar-refractivity contribution >= 4 is 15.9 Å². The van der Waals surface area contributed by atoms with Crippen molar-refractivity contribution in [2.24, 2.45) is 5.84 Å². The number of aromatic nitrogens is 2. The Balaban J connectivity index is 2.21. The molecule has 0 amide bonds. The van der Waals surface area contributed by atoms with Crippen LogP contribution in [0.1, 0.15) is 37.2 Å². The van der Waals surface area contributed by atoms with Gasteiger partial charge < -0.3 is 0 Å². The molecule has 108 valence electrons. The van der Waals surface area contributed by atoms with Gasteiger partial charge in [-0.05, 0) is 43.7 Å². The lowest BCUT2D eigenvalue weighted by molar-refractivity contribution is 0.504. The maximum Gasteiger partial charge on any atom is 0.123 e. The number of benzene rings is 1. The average Bonchev–Trinajstić information content (AvgIpc) is 2.88. The molecule has 20 heavy (non-hydrogen) atoms. The Bertz CT molecular complexity index is 582. The first-order chi connectivity index (χ1) is 9.51. The van der Waals surface area contributed by atoms with Crippen molar-refractivity contribution in [1.29, 1.82) is 0 Å². The molecule has 1 heterocycles. The molecule has 1 aromatic carbocycles. The van der Waals surface area contributed by atoms with Gasteiger partial charge in [0, 0.05) is 23.1 Å². The highest BCUT2D eigenvalue weighted by Gasteiger charge is 2.16. The first kappa shape index (κ1) is 15.2. The van der Waals surface area contributed by atoms with Crippen LogP contribution in [0.2, 0.25) is 0 Å². The number of nitrogens with two attached hydrogens (primary N) is 1. The molecule has 0 aliphatic rings. The van der Waals surface area contributed by atoms with Crippen molar-refractivity contribution in [3.8, 4) is 0 Å². The molecular weight excluding hydrogens is 323 g/mol. The second-order valence-electron chi connectivity index (χ2n) is 4.97. The quantitative estimate of drug-likeness (QED) is 0.649. The lowest BCUT2D eigenvalue weighted by Crippen LogP contribution is -2.30. The number of halogens is 2. The van der Waals surface area contributed by atoms with Gasteiger partial charge in [0.15, 0.2) is 0 Å². The lowest BCUT2D eigenvalue weighted by Gasteiger charge is -2.17. The van der Waals surface area contributed by atoms with Gasteiger partial charge in [-0.2, -0.15) is 5.10 Å². The highest BCUT2D eigenvalue weighted by atomic mass is 79.9. The van der Waals surface area contributed by atoms with Crippen LogP contribution >= 0.6 is 15.9 Å². The molecule has 1 aromatic heterocycles. The van der Waals surface area contributed by atoms with Crippen LogP contribution < -0.4 is 11.3 Å². The molecule has 4 nitrogen and oxygen atoms in total. The van der Waals surface area contributed by atoms with Gasteiger partial charge in [-0.15, -0.1) is 0 Å². The van der Waals surface area contributed by atoms with Gasteiger partial charge in [-0.3, -0.25) is 16.0 Å². The molecule has 6 heteroatoms. The summed E-state index contributed by atoms with van der Waals surface area (Å²) in [5.74, 6) is 5.33. The molecule has 0 aliphatic carbocycles. The Morgan fingerprint density at radius 1 is 1.40 bits per heavy atom. The number of nitrogens with zero attached hydrogens (tertiary/aromatic N) is 2. The molecule has 3 N–H and O–H groups in total. The summed E-state index contributed by atoms with van der Waals surface area (Å²) >= 11 is 3.43. The minimum absolute atomic E-state index is 0.199. The molecule has 1 unspecified atom stereocenters. The van der Waals surface area contributed by atoms with E-state index >= 15 is 0 Å². The zero-order valence-electron chi connectivity index (χ0n) is 11.5. The second kappa shape index (κ2) is 6.47. The third-order valence-corrected chi connectivity index (χ3v) is 3.86. The third kappa shape index (κ3) is 3.45. The van der Waals surface area contributed by atoms with E-state index in [4.69, 9.17) is 5.84 Å². The van der Waals surface area contributed by atoms with Gasteiger partial charge in [0.05, 0.1) is 11.7 Å². The van der Waals surface area contributed by atoms with E-state index in [1.807, 2.05) is 16.9 Å². The summed E-state index contributed by atoms with van der Waals surface area (Å²) in [7, 11) is 0. The molecule has 0 saturated heterocycles. The molecule has 0 saturated carbocycles.